The highest BCUT2D eigenvalue weighted by Crippen LogP contribution is 2.21. The first kappa shape index (κ1) is 14.4. The lowest BCUT2D eigenvalue weighted by atomic mass is 10.2. The maximum atomic E-state index is 11.8. The molecule has 6 heteroatoms. The van der Waals surface area contributed by atoms with Crippen LogP contribution in [0, 0.1) is 0 Å². The van der Waals surface area contributed by atoms with E-state index < -0.39 is 0 Å². The average molecular weight is 305 g/mol. The monoisotopic (exact) mass is 305 g/mol. The Balaban J connectivity index is 1.43. The van der Waals surface area contributed by atoms with Gasteiger partial charge in [0.05, 0.1) is 28.4 Å². The van der Waals surface area contributed by atoms with Gasteiger partial charge < -0.3 is 15.4 Å². The van der Waals surface area contributed by atoms with Crippen molar-refractivity contribution in [1.29, 1.82) is 0 Å². The SMILES string of the molecule is O=C(CC1COCCN1)NCCc1nc2ccccc2s1. The first-order valence-corrected chi connectivity index (χ1v) is 8.05. The molecule has 1 atom stereocenters. The standard InChI is InChI=1S/C15H19N3O2S/c19-14(9-11-10-20-8-7-16-11)17-6-5-15-18-12-3-1-2-4-13(12)21-15/h1-4,11,16H,5-10H2,(H,17,19). The molecule has 1 aromatic heterocycles. The predicted molar refractivity (Wildman–Crippen MR) is 83.6 cm³/mol. The predicted octanol–water partition coefficient (Wildman–Crippen LogP) is 1.33. The number of amides is 1. The fourth-order valence-corrected chi connectivity index (χ4v) is 3.35. The van der Waals surface area contributed by atoms with Crippen molar-refractivity contribution in [3.05, 3.63) is 29.3 Å². The minimum atomic E-state index is 0.0686. The van der Waals surface area contributed by atoms with Gasteiger partial charge in [-0.1, -0.05) is 12.1 Å². The Bertz CT molecular complexity index is 575. The van der Waals surface area contributed by atoms with E-state index in [0.29, 0.717) is 19.6 Å². The van der Waals surface area contributed by atoms with E-state index in [-0.39, 0.29) is 11.9 Å². The summed E-state index contributed by atoms with van der Waals surface area (Å²) in [5.41, 5.74) is 1.03. The molecule has 1 aliphatic heterocycles. The third-order valence-corrected chi connectivity index (χ3v) is 4.53. The molecule has 1 amide bonds. The second-order valence-corrected chi connectivity index (χ2v) is 6.22. The lowest BCUT2D eigenvalue weighted by Gasteiger charge is -2.23. The van der Waals surface area contributed by atoms with Crippen LogP contribution >= 0.6 is 11.3 Å². The van der Waals surface area contributed by atoms with Crippen molar-refractivity contribution in [3.63, 3.8) is 0 Å². The quantitative estimate of drug-likeness (QED) is 0.875. The Kier molecular flexibility index (Phi) is 4.80. The van der Waals surface area contributed by atoms with Crippen LogP contribution in [0.1, 0.15) is 11.4 Å². The van der Waals surface area contributed by atoms with E-state index in [1.54, 1.807) is 11.3 Å². The smallest absolute Gasteiger partial charge is 0.221 e. The van der Waals surface area contributed by atoms with Crippen molar-refractivity contribution >= 4 is 27.5 Å². The van der Waals surface area contributed by atoms with Gasteiger partial charge in [0, 0.05) is 32.0 Å². The van der Waals surface area contributed by atoms with Crippen LogP contribution < -0.4 is 10.6 Å². The molecular formula is C15H19N3O2S. The number of thiazole rings is 1. The molecule has 3 rings (SSSR count). The van der Waals surface area contributed by atoms with Crippen molar-refractivity contribution in [2.75, 3.05) is 26.3 Å². The number of nitrogens with one attached hydrogen (secondary N) is 2. The second kappa shape index (κ2) is 6.98. The summed E-state index contributed by atoms with van der Waals surface area (Å²) < 4.78 is 6.54. The van der Waals surface area contributed by atoms with Crippen molar-refractivity contribution in [3.8, 4) is 0 Å². The molecule has 1 aromatic carbocycles. The Labute approximate surface area is 127 Å². The normalized spacial score (nSPS) is 18.8. The summed E-state index contributed by atoms with van der Waals surface area (Å²) in [5.74, 6) is 0.0686. The highest BCUT2D eigenvalue weighted by atomic mass is 32.1. The number of para-hydroxylation sites is 1. The van der Waals surface area contributed by atoms with E-state index in [1.165, 1.54) is 4.70 Å². The molecule has 2 heterocycles. The molecule has 1 aliphatic rings. The zero-order valence-corrected chi connectivity index (χ0v) is 12.6. The third kappa shape index (κ3) is 4.00. The number of hydrogen-bond acceptors (Lipinski definition) is 5. The Morgan fingerprint density at radius 1 is 1.48 bits per heavy atom. The fourth-order valence-electron chi connectivity index (χ4n) is 2.38. The average Bonchev–Trinajstić information content (AvgIpc) is 2.91. The van der Waals surface area contributed by atoms with Crippen LogP contribution in [0.25, 0.3) is 10.2 Å². The van der Waals surface area contributed by atoms with Crippen LogP contribution in [0.15, 0.2) is 24.3 Å². The van der Waals surface area contributed by atoms with E-state index in [9.17, 15) is 4.79 Å². The van der Waals surface area contributed by atoms with Gasteiger partial charge in [-0.05, 0) is 12.1 Å². The molecule has 2 aromatic rings. The largest absolute Gasteiger partial charge is 0.378 e. The molecule has 1 fully saturated rings. The van der Waals surface area contributed by atoms with Crippen molar-refractivity contribution < 1.29 is 9.53 Å². The number of carbonyl (C=O) groups excluding carboxylic acids is 1. The molecule has 0 bridgehead atoms. The third-order valence-electron chi connectivity index (χ3n) is 3.43. The van der Waals surface area contributed by atoms with Gasteiger partial charge in [-0.25, -0.2) is 4.98 Å². The molecule has 2 N–H and O–H groups in total. The molecule has 21 heavy (non-hydrogen) atoms. The number of carbonyl (C=O) groups is 1. The van der Waals surface area contributed by atoms with Crippen LogP contribution in [0.2, 0.25) is 0 Å². The van der Waals surface area contributed by atoms with Crippen LogP contribution in [-0.4, -0.2) is 43.2 Å². The molecule has 1 saturated heterocycles. The zero-order chi connectivity index (χ0) is 14.5. The lowest BCUT2D eigenvalue weighted by Crippen LogP contribution is -2.44. The molecule has 1 unspecified atom stereocenters. The van der Waals surface area contributed by atoms with Gasteiger partial charge in [0.25, 0.3) is 0 Å². The zero-order valence-electron chi connectivity index (χ0n) is 11.8. The summed E-state index contributed by atoms with van der Waals surface area (Å²) in [7, 11) is 0. The van der Waals surface area contributed by atoms with E-state index >= 15 is 0 Å². The van der Waals surface area contributed by atoms with Gasteiger partial charge in [-0.3, -0.25) is 4.79 Å². The summed E-state index contributed by atoms with van der Waals surface area (Å²) in [6.07, 6.45) is 1.25. The van der Waals surface area contributed by atoms with E-state index in [4.69, 9.17) is 4.74 Å². The fraction of sp³-hybridized carbons (Fsp3) is 0.467. The number of hydrogen-bond donors (Lipinski definition) is 2. The molecule has 0 aliphatic carbocycles. The maximum absolute atomic E-state index is 11.8. The summed E-state index contributed by atoms with van der Waals surface area (Å²) in [5, 5.41) is 7.30. The number of rotatable bonds is 5. The Hall–Kier alpha value is -1.50. The van der Waals surface area contributed by atoms with Crippen LogP contribution in [0.3, 0.4) is 0 Å². The Morgan fingerprint density at radius 3 is 3.19 bits per heavy atom. The van der Waals surface area contributed by atoms with Gasteiger partial charge in [0.15, 0.2) is 0 Å². The number of benzene rings is 1. The Morgan fingerprint density at radius 2 is 2.38 bits per heavy atom. The molecular weight excluding hydrogens is 286 g/mol. The van der Waals surface area contributed by atoms with Gasteiger partial charge in [0.1, 0.15) is 0 Å². The second-order valence-electron chi connectivity index (χ2n) is 5.11. The molecule has 5 nitrogen and oxygen atoms in total. The number of aromatic nitrogens is 1. The van der Waals surface area contributed by atoms with Gasteiger partial charge in [-0.15, -0.1) is 11.3 Å². The summed E-state index contributed by atoms with van der Waals surface area (Å²) in [4.78, 5) is 16.4. The molecule has 0 saturated carbocycles. The summed E-state index contributed by atoms with van der Waals surface area (Å²) in [6, 6.07) is 8.24. The van der Waals surface area contributed by atoms with Crippen molar-refractivity contribution in [2.45, 2.75) is 18.9 Å². The minimum Gasteiger partial charge on any atom is -0.378 e. The molecule has 0 spiro atoms. The van der Waals surface area contributed by atoms with E-state index in [0.717, 1.165) is 30.1 Å². The minimum absolute atomic E-state index is 0.0686. The maximum Gasteiger partial charge on any atom is 0.221 e. The topological polar surface area (TPSA) is 63.2 Å². The number of morpholine rings is 1. The number of fused-ring (bicyclic) bond motifs is 1. The summed E-state index contributed by atoms with van der Waals surface area (Å²) in [6.45, 7) is 2.80. The van der Waals surface area contributed by atoms with Crippen LogP contribution in [-0.2, 0) is 16.0 Å². The molecule has 112 valence electrons. The number of nitrogens with zero attached hydrogens (tertiary/aromatic N) is 1. The number of ether oxygens (including phenoxy) is 1. The van der Waals surface area contributed by atoms with Crippen LogP contribution in [0.4, 0.5) is 0 Å². The van der Waals surface area contributed by atoms with Crippen molar-refractivity contribution in [1.82, 2.24) is 15.6 Å². The summed E-state index contributed by atoms with van der Waals surface area (Å²) >= 11 is 1.69. The highest BCUT2D eigenvalue weighted by molar-refractivity contribution is 7.18. The van der Waals surface area contributed by atoms with Crippen LogP contribution in [0.5, 0.6) is 0 Å². The van der Waals surface area contributed by atoms with E-state index in [1.807, 2.05) is 18.2 Å². The first-order valence-electron chi connectivity index (χ1n) is 7.23. The van der Waals surface area contributed by atoms with Gasteiger partial charge in [-0.2, -0.15) is 0 Å². The lowest BCUT2D eigenvalue weighted by molar-refractivity contribution is -0.122. The van der Waals surface area contributed by atoms with Gasteiger partial charge in [0.2, 0.25) is 5.91 Å². The van der Waals surface area contributed by atoms with Gasteiger partial charge >= 0.3 is 0 Å². The van der Waals surface area contributed by atoms with E-state index in [2.05, 4.69) is 21.7 Å². The first-order chi connectivity index (χ1) is 10.3. The highest BCUT2D eigenvalue weighted by Gasteiger charge is 2.16. The van der Waals surface area contributed by atoms with Crippen molar-refractivity contribution in [2.24, 2.45) is 0 Å². The molecule has 0 radical (unpaired) electrons.